The molecule has 1 aromatic heterocycles. The van der Waals surface area contributed by atoms with Crippen LogP contribution in [0.2, 0.25) is 0 Å². The Morgan fingerprint density at radius 2 is 1.94 bits per heavy atom. The molecule has 0 aromatic carbocycles. The zero-order valence-corrected chi connectivity index (χ0v) is 10.8. The van der Waals surface area contributed by atoms with Gasteiger partial charge < -0.3 is 10.3 Å². The Hall–Kier alpha value is -1.16. The Morgan fingerprint density at radius 1 is 1.06 bits per heavy atom. The first-order chi connectivity index (χ1) is 8.84. The van der Waals surface area contributed by atoms with Gasteiger partial charge in [0.05, 0.1) is 11.7 Å². The molecule has 1 fully saturated rings. The van der Waals surface area contributed by atoms with Gasteiger partial charge >= 0.3 is 0 Å². The molecule has 18 heavy (non-hydrogen) atoms. The fraction of sp³-hybridized carbons (Fsp3) is 0.714. The van der Waals surface area contributed by atoms with Gasteiger partial charge in [-0.05, 0) is 45.1 Å². The molecule has 1 atom stereocenters. The van der Waals surface area contributed by atoms with Crippen molar-refractivity contribution in [2.75, 3.05) is 6.54 Å². The second-order valence-electron chi connectivity index (χ2n) is 5.44. The molecule has 2 heterocycles. The second kappa shape index (κ2) is 5.22. The summed E-state index contributed by atoms with van der Waals surface area (Å²) in [6, 6.07) is 0.250. The summed E-state index contributed by atoms with van der Waals surface area (Å²) in [6.45, 7) is 1.03. The smallest absolute Gasteiger partial charge is 0.254 e. The number of rotatable bonds is 1. The van der Waals surface area contributed by atoms with Crippen molar-refractivity contribution in [2.24, 2.45) is 0 Å². The van der Waals surface area contributed by atoms with Gasteiger partial charge in [-0.1, -0.05) is 12.8 Å². The maximum atomic E-state index is 12.2. The highest BCUT2D eigenvalue weighted by Crippen LogP contribution is 2.21. The minimum absolute atomic E-state index is 0.101. The highest BCUT2D eigenvalue weighted by molar-refractivity contribution is 5.20. The first-order valence-electron chi connectivity index (χ1n) is 7.20. The fourth-order valence-electron chi connectivity index (χ4n) is 3.05. The number of nitrogens with zero attached hydrogens (tertiary/aromatic N) is 1. The molecule has 2 N–H and O–H groups in total. The molecular weight excluding hydrogens is 226 g/mol. The van der Waals surface area contributed by atoms with Crippen molar-refractivity contribution < 1.29 is 0 Å². The molecule has 1 unspecified atom stereocenters. The Balaban J connectivity index is 1.94. The largest absolute Gasteiger partial charge is 0.309 e. The predicted octanol–water partition coefficient (Wildman–Crippen LogP) is 1.85. The quantitative estimate of drug-likeness (QED) is 0.745. The van der Waals surface area contributed by atoms with Crippen LogP contribution in [0.15, 0.2) is 4.79 Å². The van der Waals surface area contributed by atoms with Gasteiger partial charge in [-0.2, -0.15) is 0 Å². The van der Waals surface area contributed by atoms with Crippen molar-refractivity contribution in [1.82, 2.24) is 15.3 Å². The van der Waals surface area contributed by atoms with Gasteiger partial charge in [0.1, 0.15) is 5.82 Å². The molecule has 0 spiro atoms. The van der Waals surface area contributed by atoms with E-state index >= 15 is 0 Å². The number of aryl methyl sites for hydroxylation is 1. The van der Waals surface area contributed by atoms with Crippen LogP contribution < -0.4 is 10.9 Å². The van der Waals surface area contributed by atoms with Gasteiger partial charge in [0.2, 0.25) is 0 Å². The summed E-state index contributed by atoms with van der Waals surface area (Å²) in [6.07, 6.45) is 8.91. The summed E-state index contributed by atoms with van der Waals surface area (Å²) in [7, 11) is 0. The lowest BCUT2D eigenvalue weighted by atomic mass is 10.0. The maximum Gasteiger partial charge on any atom is 0.254 e. The number of aromatic amines is 1. The Bertz CT molecular complexity index is 474. The number of nitrogens with one attached hydrogen (secondary N) is 2. The summed E-state index contributed by atoms with van der Waals surface area (Å²) in [5, 5.41) is 3.45. The van der Waals surface area contributed by atoms with Gasteiger partial charge in [0.25, 0.3) is 5.56 Å². The molecule has 1 aliphatic heterocycles. The minimum atomic E-state index is 0.101. The number of fused-ring (bicyclic) bond motifs is 1. The van der Waals surface area contributed by atoms with E-state index in [0.717, 1.165) is 49.3 Å². The fourth-order valence-corrected chi connectivity index (χ4v) is 3.05. The summed E-state index contributed by atoms with van der Waals surface area (Å²) in [5.74, 6) is 0.861. The van der Waals surface area contributed by atoms with Crippen LogP contribution in [-0.2, 0) is 12.8 Å². The highest BCUT2D eigenvalue weighted by atomic mass is 16.1. The molecule has 4 heteroatoms. The number of H-pyrrole nitrogens is 1. The molecule has 2 aliphatic rings. The Labute approximate surface area is 107 Å². The molecule has 98 valence electrons. The Kier molecular flexibility index (Phi) is 3.46. The molecule has 0 saturated carbocycles. The second-order valence-corrected chi connectivity index (χ2v) is 5.44. The van der Waals surface area contributed by atoms with Crippen LogP contribution in [-0.4, -0.2) is 16.5 Å². The van der Waals surface area contributed by atoms with Gasteiger partial charge in [-0.15, -0.1) is 0 Å². The van der Waals surface area contributed by atoms with E-state index in [2.05, 4.69) is 10.3 Å². The van der Waals surface area contributed by atoms with E-state index in [1.807, 2.05) is 0 Å². The average Bonchev–Trinajstić information content (AvgIpc) is 2.65. The predicted molar refractivity (Wildman–Crippen MR) is 70.7 cm³/mol. The summed E-state index contributed by atoms with van der Waals surface area (Å²) in [4.78, 5) is 19.9. The van der Waals surface area contributed by atoms with E-state index in [4.69, 9.17) is 4.98 Å². The lowest BCUT2D eigenvalue weighted by Crippen LogP contribution is -2.31. The molecule has 3 rings (SSSR count). The first-order valence-corrected chi connectivity index (χ1v) is 7.20. The summed E-state index contributed by atoms with van der Waals surface area (Å²) >= 11 is 0. The van der Waals surface area contributed by atoms with E-state index in [1.54, 1.807) is 0 Å². The molecule has 0 bridgehead atoms. The van der Waals surface area contributed by atoms with E-state index in [1.165, 1.54) is 25.7 Å². The van der Waals surface area contributed by atoms with E-state index in [0.29, 0.717) is 0 Å². The van der Waals surface area contributed by atoms with E-state index < -0.39 is 0 Å². The third-order valence-electron chi connectivity index (χ3n) is 4.10. The zero-order chi connectivity index (χ0) is 12.4. The summed E-state index contributed by atoms with van der Waals surface area (Å²) < 4.78 is 0. The van der Waals surface area contributed by atoms with Crippen LogP contribution in [0.3, 0.4) is 0 Å². The molecular formula is C14H21N3O. The van der Waals surface area contributed by atoms with Gasteiger partial charge in [0, 0.05) is 5.56 Å². The van der Waals surface area contributed by atoms with Gasteiger partial charge in [0.15, 0.2) is 0 Å². The molecule has 0 amide bonds. The third-order valence-corrected chi connectivity index (χ3v) is 4.10. The zero-order valence-electron chi connectivity index (χ0n) is 10.8. The van der Waals surface area contributed by atoms with E-state index in [9.17, 15) is 4.79 Å². The van der Waals surface area contributed by atoms with Gasteiger partial charge in [-0.25, -0.2) is 4.98 Å². The molecule has 0 radical (unpaired) electrons. The number of hydrogen-bond donors (Lipinski definition) is 2. The van der Waals surface area contributed by atoms with Crippen LogP contribution in [0.5, 0.6) is 0 Å². The topological polar surface area (TPSA) is 57.8 Å². The maximum absolute atomic E-state index is 12.2. The van der Waals surface area contributed by atoms with Crippen LogP contribution >= 0.6 is 0 Å². The normalized spacial score (nSPS) is 24.3. The third kappa shape index (κ3) is 2.34. The highest BCUT2D eigenvalue weighted by Gasteiger charge is 2.20. The number of aromatic nitrogens is 2. The average molecular weight is 247 g/mol. The lowest BCUT2D eigenvalue weighted by molar-refractivity contribution is 0.395. The van der Waals surface area contributed by atoms with Crippen molar-refractivity contribution in [1.29, 1.82) is 0 Å². The Morgan fingerprint density at radius 3 is 2.78 bits per heavy atom. The molecule has 1 aliphatic carbocycles. The van der Waals surface area contributed by atoms with Crippen LogP contribution in [0, 0.1) is 0 Å². The van der Waals surface area contributed by atoms with Crippen LogP contribution in [0.25, 0.3) is 0 Å². The standard InChI is InChI=1S/C14H21N3O/c18-14-10-6-2-1-3-7-11(10)16-13(17-14)12-8-4-5-9-15-12/h12,15H,1-9H2,(H,16,17,18). The van der Waals surface area contributed by atoms with Gasteiger partial charge in [-0.3, -0.25) is 4.79 Å². The first kappa shape index (κ1) is 11.9. The van der Waals surface area contributed by atoms with Crippen molar-refractivity contribution in [2.45, 2.75) is 57.4 Å². The van der Waals surface area contributed by atoms with Crippen LogP contribution in [0.1, 0.15) is 61.6 Å². The van der Waals surface area contributed by atoms with Crippen molar-refractivity contribution >= 4 is 0 Å². The van der Waals surface area contributed by atoms with Crippen molar-refractivity contribution in [3.05, 3.63) is 27.4 Å². The SMILES string of the molecule is O=c1[nH]c(C2CCCCN2)nc2c1CCCCC2. The van der Waals surface area contributed by atoms with E-state index in [-0.39, 0.29) is 11.6 Å². The molecule has 4 nitrogen and oxygen atoms in total. The lowest BCUT2D eigenvalue weighted by Gasteiger charge is -2.23. The summed E-state index contributed by atoms with van der Waals surface area (Å²) in [5.41, 5.74) is 2.09. The number of hydrogen-bond acceptors (Lipinski definition) is 3. The van der Waals surface area contributed by atoms with Crippen molar-refractivity contribution in [3.8, 4) is 0 Å². The minimum Gasteiger partial charge on any atom is -0.309 e. The van der Waals surface area contributed by atoms with Crippen LogP contribution in [0.4, 0.5) is 0 Å². The van der Waals surface area contributed by atoms with Crippen molar-refractivity contribution in [3.63, 3.8) is 0 Å². The monoisotopic (exact) mass is 247 g/mol. The number of piperidine rings is 1. The molecule has 1 saturated heterocycles. The molecule has 1 aromatic rings.